The van der Waals surface area contributed by atoms with Crippen molar-refractivity contribution in [3.63, 3.8) is 0 Å². The quantitative estimate of drug-likeness (QED) is 0.766. The summed E-state index contributed by atoms with van der Waals surface area (Å²) in [6.45, 7) is 4.16. The van der Waals surface area contributed by atoms with E-state index in [2.05, 4.69) is 18.9 Å². The third kappa shape index (κ3) is 1.71. The van der Waals surface area contributed by atoms with Crippen LogP contribution in [0.1, 0.15) is 36.8 Å². The lowest BCUT2D eigenvalue weighted by molar-refractivity contribution is 0.107. The normalized spacial score (nSPS) is 12.9. The van der Waals surface area contributed by atoms with Crippen molar-refractivity contribution in [1.82, 2.24) is 9.78 Å². The molecule has 0 aliphatic heterocycles. The number of aromatic nitrogens is 2. The lowest BCUT2D eigenvalue weighted by Crippen LogP contribution is -2.06. The fourth-order valence-electron chi connectivity index (χ4n) is 1.74. The zero-order valence-electron chi connectivity index (χ0n) is 9.27. The van der Waals surface area contributed by atoms with E-state index in [1.165, 1.54) is 0 Å². The molecule has 0 unspecified atom stereocenters. The molecule has 1 aromatic carbocycles. The SMILES string of the molecule is CC[C@@H](C)n1nc(C(=O)Cl)c2ccccc21. The molecule has 0 N–H and O–H groups in total. The molecular weight excluding hydrogens is 224 g/mol. The van der Waals surface area contributed by atoms with Crippen LogP contribution in [0.15, 0.2) is 24.3 Å². The Kier molecular flexibility index (Phi) is 2.97. The van der Waals surface area contributed by atoms with E-state index in [1.807, 2.05) is 28.9 Å². The second-order valence-corrected chi connectivity index (χ2v) is 4.18. The summed E-state index contributed by atoms with van der Waals surface area (Å²) in [6, 6.07) is 7.91. The standard InChI is InChI=1S/C12H13ClN2O/c1-3-8(2)15-10-7-5-4-6-9(10)11(14-15)12(13)16/h4-8H,3H2,1-2H3/t8-/m1/s1. The summed E-state index contributed by atoms with van der Waals surface area (Å²) in [6.07, 6.45) is 0.960. The maximum Gasteiger partial charge on any atom is 0.273 e. The Morgan fingerprint density at radius 2 is 2.19 bits per heavy atom. The first-order chi connectivity index (χ1) is 7.65. The number of hydrogen-bond acceptors (Lipinski definition) is 2. The molecule has 0 spiro atoms. The largest absolute Gasteiger partial charge is 0.274 e. The Labute approximate surface area is 99.0 Å². The molecule has 0 saturated carbocycles. The van der Waals surface area contributed by atoms with E-state index in [1.54, 1.807) is 0 Å². The second kappa shape index (κ2) is 4.26. The van der Waals surface area contributed by atoms with E-state index in [9.17, 15) is 4.79 Å². The summed E-state index contributed by atoms with van der Waals surface area (Å²) < 4.78 is 1.87. The maximum absolute atomic E-state index is 11.3. The van der Waals surface area contributed by atoms with Crippen LogP contribution in [0, 0.1) is 0 Å². The van der Waals surface area contributed by atoms with Crippen molar-refractivity contribution in [1.29, 1.82) is 0 Å². The zero-order chi connectivity index (χ0) is 11.7. The number of para-hydroxylation sites is 1. The number of rotatable bonds is 3. The molecule has 0 fully saturated rings. The fourth-order valence-corrected chi connectivity index (χ4v) is 1.88. The molecular formula is C12H13ClN2O. The van der Waals surface area contributed by atoms with E-state index < -0.39 is 5.24 Å². The summed E-state index contributed by atoms with van der Waals surface area (Å²) >= 11 is 5.53. The summed E-state index contributed by atoms with van der Waals surface area (Å²) in [4.78, 5) is 11.3. The van der Waals surface area contributed by atoms with Gasteiger partial charge in [0.25, 0.3) is 5.24 Å². The van der Waals surface area contributed by atoms with Crippen molar-refractivity contribution in [2.24, 2.45) is 0 Å². The van der Waals surface area contributed by atoms with E-state index in [-0.39, 0.29) is 6.04 Å². The second-order valence-electron chi connectivity index (χ2n) is 3.84. The highest BCUT2D eigenvalue weighted by molar-refractivity contribution is 6.68. The van der Waals surface area contributed by atoms with Gasteiger partial charge in [0.05, 0.1) is 5.52 Å². The molecule has 0 aliphatic rings. The molecule has 1 atom stereocenters. The Hall–Kier alpha value is -1.35. The first-order valence-corrected chi connectivity index (χ1v) is 5.70. The average molecular weight is 237 g/mol. The molecule has 0 bridgehead atoms. The van der Waals surface area contributed by atoms with Gasteiger partial charge in [0.1, 0.15) is 0 Å². The van der Waals surface area contributed by atoms with Crippen molar-refractivity contribution < 1.29 is 4.79 Å². The zero-order valence-corrected chi connectivity index (χ0v) is 10.0. The molecule has 0 radical (unpaired) electrons. The molecule has 1 aromatic heterocycles. The molecule has 0 aliphatic carbocycles. The number of fused-ring (bicyclic) bond motifs is 1. The Balaban J connectivity index is 2.71. The monoisotopic (exact) mass is 236 g/mol. The summed E-state index contributed by atoms with van der Waals surface area (Å²) in [7, 11) is 0. The average Bonchev–Trinajstić information content (AvgIpc) is 2.67. The minimum Gasteiger partial charge on any atom is -0.274 e. The minimum atomic E-state index is -0.502. The van der Waals surface area contributed by atoms with Crippen LogP contribution < -0.4 is 0 Å². The van der Waals surface area contributed by atoms with Gasteiger partial charge in [-0.05, 0) is 31.0 Å². The molecule has 0 saturated heterocycles. The van der Waals surface area contributed by atoms with Crippen LogP contribution in [-0.4, -0.2) is 15.0 Å². The van der Waals surface area contributed by atoms with Crippen LogP contribution >= 0.6 is 11.6 Å². The van der Waals surface area contributed by atoms with Crippen LogP contribution in [0.2, 0.25) is 0 Å². The highest BCUT2D eigenvalue weighted by Gasteiger charge is 2.16. The van der Waals surface area contributed by atoms with Gasteiger partial charge in [-0.2, -0.15) is 5.10 Å². The van der Waals surface area contributed by atoms with Gasteiger partial charge in [0.15, 0.2) is 5.69 Å². The van der Waals surface area contributed by atoms with Gasteiger partial charge in [-0.15, -0.1) is 0 Å². The lowest BCUT2D eigenvalue weighted by Gasteiger charge is -2.09. The van der Waals surface area contributed by atoms with Gasteiger partial charge in [-0.1, -0.05) is 25.1 Å². The van der Waals surface area contributed by atoms with Gasteiger partial charge in [0.2, 0.25) is 0 Å². The smallest absolute Gasteiger partial charge is 0.273 e. The number of benzene rings is 1. The van der Waals surface area contributed by atoms with Gasteiger partial charge >= 0.3 is 0 Å². The Morgan fingerprint density at radius 1 is 1.50 bits per heavy atom. The predicted molar refractivity (Wildman–Crippen MR) is 64.9 cm³/mol. The fraction of sp³-hybridized carbons (Fsp3) is 0.333. The van der Waals surface area contributed by atoms with Crippen molar-refractivity contribution in [2.75, 3.05) is 0 Å². The lowest BCUT2D eigenvalue weighted by atomic mass is 10.2. The van der Waals surface area contributed by atoms with Crippen LogP contribution in [0.4, 0.5) is 0 Å². The highest BCUT2D eigenvalue weighted by Crippen LogP contribution is 2.23. The molecule has 1 heterocycles. The van der Waals surface area contributed by atoms with Gasteiger partial charge < -0.3 is 0 Å². The number of hydrogen-bond donors (Lipinski definition) is 0. The maximum atomic E-state index is 11.3. The Morgan fingerprint density at radius 3 is 2.81 bits per heavy atom. The summed E-state index contributed by atoms with van der Waals surface area (Å²) in [5, 5.41) is 4.62. The Bertz CT molecular complexity index is 533. The molecule has 3 nitrogen and oxygen atoms in total. The minimum absolute atomic E-state index is 0.259. The van der Waals surface area contributed by atoms with E-state index in [0.717, 1.165) is 17.3 Å². The molecule has 2 rings (SSSR count). The first-order valence-electron chi connectivity index (χ1n) is 5.32. The number of carbonyl (C=O) groups is 1. The van der Waals surface area contributed by atoms with Crippen LogP contribution in [0.25, 0.3) is 10.9 Å². The number of nitrogens with zero attached hydrogens (tertiary/aromatic N) is 2. The van der Waals surface area contributed by atoms with Gasteiger partial charge in [-0.25, -0.2) is 0 Å². The van der Waals surface area contributed by atoms with Gasteiger partial charge in [0, 0.05) is 11.4 Å². The van der Waals surface area contributed by atoms with Gasteiger partial charge in [-0.3, -0.25) is 9.48 Å². The molecule has 16 heavy (non-hydrogen) atoms. The molecule has 2 aromatic rings. The summed E-state index contributed by atoms with van der Waals surface area (Å²) in [5.41, 5.74) is 1.30. The molecule has 4 heteroatoms. The van der Waals surface area contributed by atoms with Crippen LogP contribution in [-0.2, 0) is 0 Å². The van der Waals surface area contributed by atoms with Crippen molar-refractivity contribution in [2.45, 2.75) is 26.3 Å². The van der Waals surface area contributed by atoms with Crippen LogP contribution in [0.3, 0.4) is 0 Å². The van der Waals surface area contributed by atoms with Crippen molar-refractivity contribution >= 4 is 27.7 Å². The molecule has 0 amide bonds. The predicted octanol–water partition coefficient (Wildman–Crippen LogP) is 3.39. The van der Waals surface area contributed by atoms with E-state index >= 15 is 0 Å². The highest BCUT2D eigenvalue weighted by atomic mass is 35.5. The van der Waals surface area contributed by atoms with E-state index in [4.69, 9.17) is 11.6 Å². The summed E-state index contributed by atoms with van der Waals surface area (Å²) in [5.74, 6) is 0. The first kappa shape index (κ1) is 11.1. The third-order valence-electron chi connectivity index (χ3n) is 2.81. The van der Waals surface area contributed by atoms with E-state index in [0.29, 0.717) is 5.69 Å². The third-order valence-corrected chi connectivity index (χ3v) is 2.99. The van der Waals surface area contributed by atoms with Crippen LogP contribution in [0.5, 0.6) is 0 Å². The molecule has 84 valence electrons. The topological polar surface area (TPSA) is 34.9 Å². The van der Waals surface area contributed by atoms with Crippen molar-refractivity contribution in [3.8, 4) is 0 Å². The number of carbonyl (C=O) groups excluding carboxylic acids is 1. The van der Waals surface area contributed by atoms with Crippen molar-refractivity contribution in [3.05, 3.63) is 30.0 Å². The number of halogens is 1.